The van der Waals surface area contributed by atoms with E-state index in [0.717, 1.165) is 24.3 Å². The molecule has 0 amide bonds. The number of nitrogens with one attached hydrogen (secondary N) is 1. The molecule has 6 nitrogen and oxygen atoms in total. The first-order valence-corrected chi connectivity index (χ1v) is 9.53. The number of aromatic nitrogens is 2. The highest BCUT2D eigenvalue weighted by Crippen LogP contribution is 2.38. The van der Waals surface area contributed by atoms with Gasteiger partial charge in [-0.25, -0.2) is 9.97 Å². The molecule has 2 heterocycles. The molecule has 0 saturated heterocycles. The third kappa shape index (κ3) is 4.51. The van der Waals surface area contributed by atoms with Gasteiger partial charge in [0.2, 0.25) is 5.95 Å². The zero-order valence-corrected chi connectivity index (χ0v) is 15.3. The van der Waals surface area contributed by atoms with Crippen molar-refractivity contribution in [2.24, 2.45) is 0 Å². The summed E-state index contributed by atoms with van der Waals surface area (Å²) in [6.45, 7) is -0.543. The van der Waals surface area contributed by atoms with E-state index >= 15 is 0 Å². The number of alkyl halides is 3. The van der Waals surface area contributed by atoms with Crippen molar-refractivity contribution in [3.05, 3.63) is 71.7 Å². The van der Waals surface area contributed by atoms with Gasteiger partial charge in [-0.05, 0) is 29.8 Å². The maximum absolute atomic E-state index is 13.5. The molecule has 11 heteroatoms. The van der Waals surface area contributed by atoms with E-state index in [1.54, 1.807) is 0 Å². The van der Waals surface area contributed by atoms with Crippen LogP contribution in [0, 0.1) is 5.95 Å². The first kappa shape index (κ1) is 20.7. The highest BCUT2D eigenvalue weighted by Gasteiger charge is 2.35. The van der Waals surface area contributed by atoms with Crippen molar-refractivity contribution in [3.8, 4) is 11.3 Å². The molecule has 0 fully saturated rings. The van der Waals surface area contributed by atoms with Crippen LogP contribution in [0.25, 0.3) is 11.3 Å². The van der Waals surface area contributed by atoms with E-state index in [1.807, 2.05) is 4.72 Å². The van der Waals surface area contributed by atoms with Gasteiger partial charge in [0, 0.05) is 5.56 Å². The van der Waals surface area contributed by atoms with Gasteiger partial charge in [-0.3, -0.25) is 4.72 Å². The van der Waals surface area contributed by atoms with E-state index < -0.39 is 50.9 Å². The van der Waals surface area contributed by atoms with Gasteiger partial charge in [-0.2, -0.15) is 26.0 Å². The molecule has 3 aromatic rings. The van der Waals surface area contributed by atoms with E-state index in [4.69, 9.17) is 0 Å². The van der Waals surface area contributed by atoms with Gasteiger partial charge in [0.1, 0.15) is 5.82 Å². The Bertz CT molecular complexity index is 1150. The molecule has 29 heavy (non-hydrogen) atoms. The summed E-state index contributed by atoms with van der Waals surface area (Å²) in [6, 6.07) is 10.4. The minimum absolute atomic E-state index is 0.00717. The largest absolute Gasteiger partial charge is 0.418 e. The fourth-order valence-electron chi connectivity index (χ4n) is 2.57. The summed E-state index contributed by atoms with van der Waals surface area (Å²) in [4.78, 5) is 7.06. The normalized spacial score (nSPS) is 12.0. The Balaban J connectivity index is 2.11. The predicted molar refractivity (Wildman–Crippen MR) is 95.6 cm³/mol. The smallest absolute Gasteiger partial charge is 0.392 e. The Morgan fingerprint density at radius 3 is 2.34 bits per heavy atom. The number of benzene rings is 1. The maximum atomic E-state index is 13.5. The Hall–Kier alpha value is -3.05. The zero-order chi connectivity index (χ0) is 21.2. The highest BCUT2D eigenvalue weighted by atomic mass is 32.2. The van der Waals surface area contributed by atoms with Crippen LogP contribution in [-0.2, 0) is 22.8 Å². The lowest BCUT2D eigenvalue weighted by atomic mass is 10.0. The number of aliphatic hydroxyl groups is 1. The van der Waals surface area contributed by atoms with Gasteiger partial charge >= 0.3 is 6.18 Å². The quantitative estimate of drug-likeness (QED) is 0.480. The third-order valence-corrected chi connectivity index (χ3v) is 5.10. The van der Waals surface area contributed by atoms with Crippen LogP contribution in [0.4, 0.5) is 23.4 Å². The van der Waals surface area contributed by atoms with Crippen molar-refractivity contribution < 1.29 is 31.1 Å². The van der Waals surface area contributed by atoms with E-state index in [1.165, 1.54) is 24.3 Å². The average molecular weight is 427 g/mol. The molecule has 0 bridgehead atoms. The lowest BCUT2D eigenvalue weighted by Crippen LogP contribution is -2.17. The summed E-state index contributed by atoms with van der Waals surface area (Å²) in [7, 11) is -4.39. The second-order valence-electron chi connectivity index (χ2n) is 5.81. The number of halogens is 4. The van der Waals surface area contributed by atoms with E-state index in [-0.39, 0.29) is 11.1 Å². The monoisotopic (exact) mass is 427 g/mol. The van der Waals surface area contributed by atoms with Gasteiger partial charge in [0.15, 0.2) is 5.03 Å². The van der Waals surface area contributed by atoms with Crippen LogP contribution in [0.3, 0.4) is 0 Å². The van der Waals surface area contributed by atoms with Crippen molar-refractivity contribution in [2.45, 2.75) is 17.8 Å². The summed E-state index contributed by atoms with van der Waals surface area (Å²) in [5.74, 6) is -1.46. The molecular formula is C18H13F4N3O3S. The molecule has 0 atom stereocenters. The number of aliphatic hydroxyl groups excluding tert-OH is 1. The molecular weight excluding hydrogens is 414 g/mol. The van der Waals surface area contributed by atoms with Gasteiger partial charge in [0.05, 0.1) is 17.9 Å². The molecule has 2 N–H and O–H groups in total. The van der Waals surface area contributed by atoms with Crippen molar-refractivity contribution >= 4 is 15.8 Å². The Labute approximate surface area is 162 Å². The number of anilines is 1. The van der Waals surface area contributed by atoms with Crippen molar-refractivity contribution in [1.29, 1.82) is 0 Å². The number of pyridine rings is 2. The first-order valence-electron chi connectivity index (χ1n) is 8.04. The molecule has 0 saturated carbocycles. The highest BCUT2D eigenvalue weighted by molar-refractivity contribution is 7.92. The van der Waals surface area contributed by atoms with Crippen LogP contribution >= 0.6 is 0 Å². The molecule has 0 spiro atoms. The number of rotatable bonds is 5. The van der Waals surface area contributed by atoms with Crippen molar-refractivity contribution in [3.63, 3.8) is 0 Å². The topological polar surface area (TPSA) is 92.2 Å². The van der Waals surface area contributed by atoms with Crippen LogP contribution < -0.4 is 4.72 Å². The number of nitrogens with zero attached hydrogens (tertiary/aromatic N) is 2. The van der Waals surface area contributed by atoms with Crippen LogP contribution in [0.5, 0.6) is 0 Å². The first-order chi connectivity index (χ1) is 13.6. The number of hydrogen-bond donors (Lipinski definition) is 2. The van der Waals surface area contributed by atoms with Crippen molar-refractivity contribution in [1.82, 2.24) is 9.97 Å². The number of hydrogen-bond acceptors (Lipinski definition) is 5. The molecule has 0 aliphatic heterocycles. The van der Waals surface area contributed by atoms with Crippen LogP contribution in [-0.4, -0.2) is 23.5 Å². The summed E-state index contributed by atoms with van der Waals surface area (Å²) in [5.41, 5.74) is -1.50. The lowest BCUT2D eigenvalue weighted by molar-refractivity contribution is -0.137. The molecule has 0 unspecified atom stereocenters. The lowest BCUT2D eigenvalue weighted by Gasteiger charge is -2.16. The molecule has 0 aliphatic rings. The summed E-state index contributed by atoms with van der Waals surface area (Å²) in [6.07, 6.45) is -4.77. The summed E-state index contributed by atoms with van der Waals surface area (Å²) in [5, 5.41) is 8.78. The van der Waals surface area contributed by atoms with Crippen LogP contribution in [0.1, 0.15) is 11.1 Å². The van der Waals surface area contributed by atoms with Gasteiger partial charge in [0.25, 0.3) is 10.0 Å². The standard InChI is InChI=1S/C18H13F4N3O3S/c19-14-6-3-7-16(23-14)29(27,28)25-15-9-8-13(18(20,21)22)17(24-15)12-5-2-1-4-11(12)10-26/h1-9,26H,10H2,(H,24,25). The number of sulfonamides is 1. The summed E-state index contributed by atoms with van der Waals surface area (Å²) < 4.78 is 80.3. The fraction of sp³-hybridized carbons (Fsp3) is 0.111. The Kier molecular flexibility index (Phi) is 5.53. The molecule has 2 aromatic heterocycles. The van der Waals surface area contributed by atoms with Crippen LogP contribution in [0.15, 0.2) is 59.6 Å². The van der Waals surface area contributed by atoms with E-state index in [9.17, 15) is 31.1 Å². The third-order valence-electron chi connectivity index (χ3n) is 3.85. The van der Waals surface area contributed by atoms with Gasteiger partial charge in [-0.15, -0.1) is 0 Å². The zero-order valence-electron chi connectivity index (χ0n) is 14.5. The second kappa shape index (κ2) is 7.76. The van der Waals surface area contributed by atoms with E-state index in [2.05, 4.69) is 9.97 Å². The average Bonchev–Trinajstić information content (AvgIpc) is 2.66. The predicted octanol–water partition coefficient (Wildman–Crippen LogP) is 3.59. The molecule has 1 aromatic carbocycles. The fourth-order valence-corrected chi connectivity index (χ4v) is 3.53. The molecule has 3 rings (SSSR count). The Morgan fingerprint density at radius 2 is 1.69 bits per heavy atom. The second-order valence-corrected chi connectivity index (χ2v) is 7.44. The molecule has 0 radical (unpaired) electrons. The maximum Gasteiger partial charge on any atom is 0.418 e. The van der Waals surface area contributed by atoms with Crippen LogP contribution in [0.2, 0.25) is 0 Å². The SMILES string of the molecule is O=S(=O)(Nc1ccc(C(F)(F)F)c(-c2ccccc2CO)n1)c1cccc(F)n1. The van der Waals surface area contributed by atoms with Crippen molar-refractivity contribution in [2.75, 3.05) is 4.72 Å². The molecule has 0 aliphatic carbocycles. The summed E-state index contributed by atoms with van der Waals surface area (Å²) >= 11 is 0. The van der Waals surface area contributed by atoms with Gasteiger partial charge < -0.3 is 5.11 Å². The Morgan fingerprint density at radius 1 is 0.966 bits per heavy atom. The van der Waals surface area contributed by atoms with E-state index in [0.29, 0.717) is 6.07 Å². The minimum atomic E-state index is -4.77. The minimum Gasteiger partial charge on any atom is -0.392 e. The molecule has 152 valence electrons. The van der Waals surface area contributed by atoms with Gasteiger partial charge in [-0.1, -0.05) is 30.3 Å².